The number of ether oxygens (including phenoxy) is 1. The number of carbonyl (C=O) groups excluding carboxylic acids is 2. The third-order valence-corrected chi connectivity index (χ3v) is 2.56. The average Bonchev–Trinajstić information content (AvgIpc) is 2.30. The summed E-state index contributed by atoms with van der Waals surface area (Å²) in [5.74, 6) is -0.706. The summed E-state index contributed by atoms with van der Waals surface area (Å²) < 4.78 is 4.84. The number of carbonyl (C=O) groups is 2. The molecular formula is C12H13NO3. The third kappa shape index (κ3) is 1.84. The van der Waals surface area contributed by atoms with E-state index in [4.69, 9.17) is 4.74 Å². The van der Waals surface area contributed by atoms with Crippen molar-refractivity contribution in [1.29, 1.82) is 0 Å². The fraction of sp³-hybridized carbons (Fsp3) is 0.333. The third-order valence-electron chi connectivity index (χ3n) is 2.56. The Morgan fingerprint density at radius 2 is 2.25 bits per heavy atom. The summed E-state index contributed by atoms with van der Waals surface area (Å²) in [5, 5.41) is 2.89. The van der Waals surface area contributed by atoms with Crippen molar-refractivity contribution < 1.29 is 14.3 Å². The van der Waals surface area contributed by atoms with Crippen molar-refractivity contribution in [3.8, 4) is 0 Å². The molecule has 0 spiro atoms. The molecule has 16 heavy (non-hydrogen) atoms. The fourth-order valence-corrected chi connectivity index (χ4v) is 1.79. The average molecular weight is 219 g/mol. The Labute approximate surface area is 93.6 Å². The lowest BCUT2D eigenvalue weighted by atomic mass is 9.94. The predicted octanol–water partition coefficient (Wildman–Crippen LogP) is 0.904. The van der Waals surface area contributed by atoms with Gasteiger partial charge >= 0.3 is 5.97 Å². The molecule has 4 nitrogen and oxygen atoms in total. The van der Waals surface area contributed by atoms with Gasteiger partial charge in [-0.2, -0.15) is 0 Å². The Kier molecular flexibility index (Phi) is 3.01. The molecule has 1 heterocycles. The van der Waals surface area contributed by atoms with Crippen LogP contribution >= 0.6 is 0 Å². The van der Waals surface area contributed by atoms with Crippen molar-refractivity contribution in [3.05, 3.63) is 35.4 Å². The van der Waals surface area contributed by atoms with Crippen LogP contribution < -0.4 is 5.32 Å². The molecule has 1 N–H and O–H groups in total. The molecule has 1 atom stereocenters. The molecule has 0 fully saturated rings. The minimum atomic E-state index is -0.852. The number of esters is 1. The zero-order valence-corrected chi connectivity index (χ0v) is 9.03. The second-order valence-electron chi connectivity index (χ2n) is 3.59. The molecule has 84 valence electrons. The molecule has 1 unspecified atom stereocenters. The van der Waals surface area contributed by atoms with Crippen molar-refractivity contribution in [3.63, 3.8) is 0 Å². The van der Waals surface area contributed by atoms with E-state index in [1.807, 2.05) is 12.1 Å². The van der Waals surface area contributed by atoms with Crippen LogP contribution in [0.4, 0.5) is 0 Å². The number of benzene rings is 1. The summed E-state index contributed by atoms with van der Waals surface area (Å²) in [6.07, 6.45) is 0. The molecule has 0 aliphatic carbocycles. The molecule has 1 aliphatic heterocycles. The van der Waals surface area contributed by atoms with Crippen molar-refractivity contribution >= 4 is 11.8 Å². The minimum absolute atomic E-state index is 0.208. The summed E-state index contributed by atoms with van der Waals surface area (Å²) in [4.78, 5) is 23.5. The number of fused-ring (bicyclic) bond motifs is 1. The van der Waals surface area contributed by atoms with E-state index in [0.717, 1.165) is 5.56 Å². The molecule has 0 aromatic heterocycles. The topological polar surface area (TPSA) is 55.4 Å². The molecule has 0 saturated carbocycles. The van der Waals surface area contributed by atoms with E-state index in [1.165, 1.54) is 0 Å². The molecule has 1 aromatic rings. The quantitative estimate of drug-likeness (QED) is 0.593. The maximum atomic E-state index is 12.0. The van der Waals surface area contributed by atoms with Crippen LogP contribution in [0.25, 0.3) is 0 Å². The van der Waals surface area contributed by atoms with Crippen LogP contribution in [-0.2, 0) is 16.1 Å². The van der Waals surface area contributed by atoms with Gasteiger partial charge in [0.15, 0.2) is 11.8 Å². The van der Waals surface area contributed by atoms with Crippen molar-refractivity contribution in [2.75, 3.05) is 6.61 Å². The van der Waals surface area contributed by atoms with Gasteiger partial charge in [-0.3, -0.25) is 10.1 Å². The maximum absolute atomic E-state index is 12.0. The zero-order chi connectivity index (χ0) is 11.5. The number of nitrogens with one attached hydrogen (secondary N) is 1. The van der Waals surface area contributed by atoms with Crippen LogP contribution in [0.15, 0.2) is 24.3 Å². The second kappa shape index (κ2) is 4.45. The first kappa shape index (κ1) is 10.8. The van der Waals surface area contributed by atoms with Gasteiger partial charge in [0.2, 0.25) is 0 Å². The zero-order valence-electron chi connectivity index (χ0n) is 9.03. The number of hydrogen-bond donors (Lipinski definition) is 1. The van der Waals surface area contributed by atoms with Crippen LogP contribution in [-0.4, -0.2) is 24.4 Å². The van der Waals surface area contributed by atoms with Gasteiger partial charge in [-0.1, -0.05) is 24.3 Å². The summed E-state index contributed by atoms with van der Waals surface area (Å²) in [6.45, 7) is 2.52. The molecule has 0 amide bonds. The highest BCUT2D eigenvalue weighted by molar-refractivity contribution is 6.13. The molecule has 0 bridgehead atoms. The van der Waals surface area contributed by atoms with Crippen LogP contribution in [0.1, 0.15) is 22.8 Å². The second-order valence-corrected chi connectivity index (χ2v) is 3.59. The van der Waals surface area contributed by atoms with E-state index in [0.29, 0.717) is 12.1 Å². The van der Waals surface area contributed by atoms with Gasteiger partial charge in [0.1, 0.15) is 0 Å². The van der Waals surface area contributed by atoms with Gasteiger partial charge in [-0.15, -0.1) is 0 Å². The molecule has 0 saturated heterocycles. The Hall–Kier alpha value is -1.68. The molecule has 1 aliphatic rings. The highest BCUT2D eigenvalue weighted by Crippen LogP contribution is 2.16. The van der Waals surface area contributed by atoms with Crippen LogP contribution in [0.3, 0.4) is 0 Å². The SMILES string of the molecule is CCOC(=O)C1NCc2ccccc2C1=O. The largest absolute Gasteiger partial charge is 0.464 e. The van der Waals surface area contributed by atoms with Crippen molar-refractivity contribution in [2.45, 2.75) is 19.5 Å². The molecule has 2 rings (SSSR count). The van der Waals surface area contributed by atoms with E-state index in [1.54, 1.807) is 19.1 Å². The first-order valence-electron chi connectivity index (χ1n) is 5.26. The normalized spacial score (nSPS) is 19.1. The van der Waals surface area contributed by atoms with Gasteiger partial charge in [0.25, 0.3) is 0 Å². The molecule has 4 heteroatoms. The lowest BCUT2D eigenvalue weighted by Crippen LogP contribution is -2.47. The fourth-order valence-electron chi connectivity index (χ4n) is 1.79. The van der Waals surface area contributed by atoms with E-state index >= 15 is 0 Å². The number of ketones is 1. The first-order chi connectivity index (χ1) is 7.74. The van der Waals surface area contributed by atoms with E-state index in [-0.39, 0.29) is 12.4 Å². The summed E-state index contributed by atoms with van der Waals surface area (Å²) in [7, 11) is 0. The summed E-state index contributed by atoms with van der Waals surface area (Å²) in [5.41, 5.74) is 1.53. The summed E-state index contributed by atoms with van der Waals surface area (Å²) >= 11 is 0. The van der Waals surface area contributed by atoms with E-state index < -0.39 is 12.0 Å². The van der Waals surface area contributed by atoms with Gasteiger partial charge < -0.3 is 4.74 Å². The van der Waals surface area contributed by atoms with Gasteiger partial charge in [0, 0.05) is 12.1 Å². The first-order valence-corrected chi connectivity index (χ1v) is 5.26. The lowest BCUT2D eigenvalue weighted by Gasteiger charge is -2.23. The van der Waals surface area contributed by atoms with Gasteiger partial charge in [-0.25, -0.2) is 4.79 Å². The number of rotatable bonds is 2. The Morgan fingerprint density at radius 1 is 1.50 bits per heavy atom. The Bertz CT molecular complexity index is 428. The predicted molar refractivity (Wildman–Crippen MR) is 58.0 cm³/mol. The summed E-state index contributed by atoms with van der Waals surface area (Å²) in [6, 6.07) is 6.43. The van der Waals surface area contributed by atoms with Gasteiger partial charge in [-0.05, 0) is 12.5 Å². The number of Topliss-reactive ketones (excluding diaryl/α,β-unsaturated/α-hetero) is 1. The molecule has 1 aromatic carbocycles. The Morgan fingerprint density at radius 3 is 3.00 bits per heavy atom. The van der Waals surface area contributed by atoms with Crippen molar-refractivity contribution in [2.24, 2.45) is 0 Å². The van der Waals surface area contributed by atoms with E-state index in [2.05, 4.69) is 5.32 Å². The maximum Gasteiger partial charge on any atom is 0.331 e. The monoisotopic (exact) mass is 219 g/mol. The number of hydrogen-bond acceptors (Lipinski definition) is 4. The van der Waals surface area contributed by atoms with Crippen LogP contribution in [0.2, 0.25) is 0 Å². The van der Waals surface area contributed by atoms with Crippen molar-refractivity contribution in [1.82, 2.24) is 5.32 Å². The lowest BCUT2D eigenvalue weighted by molar-refractivity contribution is -0.144. The standard InChI is InChI=1S/C12H13NO3/c1-2-16-12(15)10-11(14)9-6-4-3-5-8(9)7-13-10/h3-6,10,13H,2,7H2,1H3. The van der Waals surface area contributed by atoms with Crippen LogP contribution in [0, 0.1) is 0 Å². The molecule has 0 radical (unpaired) electrons. The smallest absolute Gasteiger partial charge is 0.331 e. The Balaban J connectivity index is 2.24. The van der Waals surface area contributed by atoms with Gasteiger partial charge in [0.05, 0.1) is 6.61 Å². The highest BCUT2D eigenvalue weighted by atomic mass is 16.5. The molecular weight excluding hydrogens is 206 g/mol. The van der Waals surface area contributed by atoms with Crippen LogP contribution in [0.5, 0.6) is 0 Å². The minimum Gasteiger partial charge on any atom is -0.464 e. The highest BCUT2D eigenvalue weighted by Gasteiger charge is 2.33. The van der Waals surface area contributed by atoms with E-state index in [9.17, 15) is 9.59 Å².